The van der Waals surface area contributed by atoms with E-state index in [2.05, 4.69) is 15.6 Å². The molecule has 0 spiro atoms. The van der Waals surface area contributed by atoms with Crippen molar-refractivity contribution in [2.75, 3.05) is 19.0 Å². The second kappa shape index (κ2) is 8.31. The molecule has 1 fully saturated rings. The Kier molecular flexibility index (Phi) is 5.43. The molecular weight excluding hydrogens is 356 g/mol. The fourth-order valence-corrected chi connectivity index (χ4v) is 3.38. The fraction of sp³-hybridized carbons (Fsp3) is 0.333. The van der Waals surface area contributed by atoms with Crippen LogP contribution in [0.25, 0.3) is 5.65 Å². The predicted molar refractivity (Wildman–Crippen MR) is 107 cm³/mol. The lowest BCUT2D eigenvalue weighted by Crippen LogP contribution is -2.43. The summed E-state index contributed by atoms with van der Waals surface area (Å²) in [4.78, 5) is 17.0. The van der Waals surface area contributed by atoms with Crippen LogP contribution in [0.3, 0.4) is 0 Å². The number of methoxy groups -OCH3 is 1. The maximum atomic E-state index is 12.5. The highest BCUT2D eigenvalue weighted by molar-refractivity contribution is 5.95. The molecule has 28 heavy (non-hydrogen) atoms. The Balaban J connectivity index is 1.46. The Bertz CT molecular complexity index is 930. The molecule has 3 aromatic rings. The number of piperidine rings is 1. The summed E-state index contributed by atoms with van der Waals surface area (Å²) in [6, 6.07) is 11.1. The van der Waals surface area contributed by atoms with Crippen molar-refractivity contribution in [2.45, 2.75) is 31.9 Å². The number of carbonyl (C=O) groups is 1. The number of nitrogens with one attached hydrogen (secondary N) is 2. The Morgan fingerprint density at radius 1 is 1.29 bits per heavy atom. The number of fused-ring (bicyclic) bond motifs is 1. The molecule has 1 atom stereocenters. The molecule has 0 bridgehead atoms. The quantitative estimate of drug-likeness (QED) is 0.687. The fourth-order valence-electron chi connectivity index (χ4n) is 3.38. The first-order valence-corrected chi connectivity index (χ1v) is 9.50. The maximum absolute atomic E-state index is 12.5. The minimum absolute atomic E-state index is 0.0174. The van der Waals surface area contributed by atoms with Gasteiger partial charge >= 0.3 is 0 Å². The van der Waals surface area contributed by atoms with Gasteiger partial charge in [0, 0.05) is 24.1 Å². The highest BCUT2D eigenvalue weighted by Gasteiger charge is 2.21. The zero-order valence-electron chi connectivity index (χ0n) is 15.9. The Hall–Kier alpha value is -3.06. The third-order valence-electron chi connectivity index (χ3n) is 4.85. The molecule has 0 radical (unpaired) electrons. The van der Waals surface area contributed by atoms with Gasteiger partial charge in [0.05, 0.1) is 18.8 Å². The summed E-state index contributed by atoms with van der Waals surface area (Å²) in [6.45, 7) is 1.19. The molecule has 1 saturated heterocycles. The van der Waals surface area contributed by atoms with Crippen molar-refractivity contribution in [3.05, 3.63) is 54.5 Å². The van der Waals surface area contributed by atoms with E-state index in [4.69, 9.17) is 9.47 Å². The van der Waals surface area contributed by atoms with Crippen LogP contribution in [0.15, 0.2) is 48.8 Å². The number of imidazole rings is 1. The van der Waals surface area contributed by atoms with E-state index in [-0.39, 0.29) is 11.9 Å². The molecule has 0 saturated carbocycles. The van der Waals surface area contributed by atoms with Crippen molar-refractivity contribution in [2.24, 2.45) is 0 Å². The number of aromatic nitrogens is 2. The van der Waals surface area contributed by atoms with Crippen molar-refractivity contribution in [3.63, 3.8) is 0 Å². The summed E-state index contributed by atoms with van der Waals surface area (Å²) < 4.78 is 13.3. The number of ether oxygens (including phenoxy) is 2. The number of carbonyl (C=O) groups excluding carboxylic acids is 1. The van der Waals surface area contributed by atoms with Gasteiger partial charge in [0.1, 0.15) is 12.3 Å². The minimum atomic E-state index is -0.141. The van der Waals surface area contributed by atoms with E-state index in [0.29, 0.717) is 23.8 Å². The van der Waals surface area contributed by atoms with Crippen LogP contribution in [0, 0.1) is 0 Å². The number of hydrogen-bond donors (Lipinski definition) is 2. The number of hydrogen-bond acceptors (Lipinski definition) is 5. The standard InChI is InChI=1S/C21H24N4O3/c1-27-18-9-8-15(24-21(26)17-6-2-4-10-22-17)12-19(18)28-14-16-13-25-11-5-3-7-20(25)23-16/h3,5,7-9,11-13,17,22H,2,4,6,10,14H2,1H3,(H,24,26). The molecule has 1 aliphatic heterocycles. The number of rotatable bonds is 6. The highest BCUT2D eigenvalue weighted by Crippen LogP contribution is 2.31. The molecule has 0 aliphatic carbocycles. The second-order valence-corrected chi connectivity index (χ2v) is 6.84. The zero-order valence-corrected chi connectivity index (χ0v) is 15.9. The summed E-state index contributed by atoms with van der Waals surface area (Å²) in [5.41, 5.74) is 2.37. The minimum Gasteiger partial charge on any atom is -0.493 e. The molecule has 7 heteroatoms. The predicted octanol–water partition coefficient (Wildman–Crippen LogP) is 3.00. The highest BCUT2D eigenvalue weighted by atomic mass is 16.5. The third kappa shape index (κ3) is 4.09. The molecule has 2 N–H and O–H groups in total. The van der Waals surface area contributed by atoms with Crippen LogP contribution < -0.4 is 20.1 Å². The van der Waals surface area contributed by atoms with Gasteiger partial charge in [-0.1, -0.05) is 12.5 Å². The first-order chi connectivity index (χ1) is 13.7. The van der Waals surface area contributed by atoms with Crippen molar-refractivity contribution >= 4 is 17.2 Å². The van der Waals surface area contributed by atoms with Gasteiger partial charge in [-0.2, -0.15) is 0 Å². The molecule has 1 amide bonds. The summed E-state index contributed by atoms with van der Waals surface area (Å²) in [5, 5.41) is 6.22. The van der Waals surface area contributed by atoms with Gasteiger partial charge in [0.25, 0.3) is 0 Å². The van der Waals surface area contributed by atoms with Gasteiger partial charge < -0.3 is 24.5 Å². The van der Waals surface area contributed by atoms with E-state index in [1.165, 1.54) is 0 Å². The molecule has 1 unspecified atom stereocenters. The average molecular weight is 380 g/mol. The van der Waals surface area contributed by atoms with E-state index in [0.717, 1.165) is 37.1 Å². The van der Waals surface area contributed by atoms with Crippen LogP contribution in [0.4, 0.5) is 5.69 Å². The third-order valence-corrected chi connectivity index (χ3v) is 4.85. The van der Waals surface area contributed by atoms with Gasteiger partial charge in [-0.15, -0.1) is 0 Å². The Labute approximate surface area is 163 Å². The monoisotopic (exact) mass is 380 g/mol. The lowest BCUT2D eigenvalue weighted by atomic mass is 10.0. The molecule has 3 heterocycles. The van der Waals surface area contributed by atoms with Crippen LogP contribution in [0.2, 0.25) is 0 Å². The average Bonchev–Trinajstić information content (AvgIpc) is 3.16. The Morgan fingerprint density at radius 2 is 2.21 bits per heavy atom. The van der Waals surface area contributed by atoms with E-state index in [1.807, 2.05) is 41.1 Å². The van der Waals surface area contributed by atoms with Gasteiger partial charge in [-0.25, -0.2) is 4.98 Å². The first kappa shape index (κ1) is 18.3. The summed E-state index contributed by atoms with van der Waals surface area (Å²) >= 11 is 0. The number of pyridine rings is 1. The van der Waals surface area contributed by atoms with Crippen molar-refractivity contribution < 1.29 is 14.3 Å². The van der Waals surface area contributed by atoms with Crippen LogP contribution >= 0.6 is 0 Å². The van der Waals surface area contributed by atoms with E-state index < -0.39 is 0 Å². The summed E-state index contributed by atoms with van der Waals surface area (Å²) in [5.74, 6) is 1.16. The smallest absolute Gasteiger partial charge is 0.241 e. The number of amides is 1. The molecule has 4 rings (SSSR count). The number of benzene rings is 1. The normalized spacial score (nSPS) is 16.7. The maximum Gasteiger partial charge on any atom is 0.241 e. The van der Waals surface area contributed by atoms with E-state index in [9.17, 15) is 4.79 Å². The topological polar surface area (TPSA) is 76.9 Å². The molecule has 1 aliphatic rings. The summed E-state index contributed by atoms with van der Waals surface area (Å²) in [7, 11) is 1.59. The lowest BCUT2D eigenvalue weighted by molar-refractivity contribution is -0.118. The molecule has 2 aromatic heterocycles. The van der Waals surface area contributed by atoms with Crippen molar-refractivity contribution in [1.29, 1.82) is 0 Å². The second-order valence-electron chi connectivity index (χ2n) is 6.84. The number of nitrogens with zero attached hydrogens (tertiary/aromatic N) is 2. The van der Waals surface area contributed by atoms with E-state index >= 15 is 0 Å². The van der Waals surface area contributed by atoms with E-state index in [1.54, 1.807) is 19.2 Å². The molecule has 146 valence electrons. The Morgan fingerprint density at radius 3 is 3.00 bits per heavy atom. The molecule has 1 aromatic carbocycles. The van der Waals surface area contributed by atoms with Crippen LogP contribution in [0.5, 0.6) is 11.5 Å². The van der Waals surface area contributed by atoms with Crippen LogP contribution in [-0.4, -0.2) is 35.0 Å². The van der Waals surface area contributed by atoms with Gasteiger partial charge in [0.15, 0.2) is 11.5 Å². The lowest BCUT2D eigenvalue weighted by Gasteiger charge is -2.22. The van der Waals surface area contributed by atoms with Crippen LogP contribution in [0.1, 0.15) is 25.0 Å². The van der Waals surface area contributed by atoms with Gasteiger partial charge in [-0.05, 0) is 43.7 Å². The van der Waals surface area contributed by atoms with Gasteiger partial charge in [-0.3, -0.25) is 4.79 Å². The molecular formula is C21H24N4O3. The van der Waals surface area contributed by atoms with Crippen molar-refractivity contribution in [1.82, 2.24) is 14.7 Å². The van der Waals surface area contributed by atoms with Gasteiger partial charge in [0.2, 0.25) is 5.91 Å². The first-order valence-electron chi connectivity index (χ1n) is 9.50. The SMILES string of the molecule is COc1ccc(NC(=O)C2CCCCN2)cc1OCc1cn2ccccc2n1. The number of anilines is 1. The largest absolute Gasteiger partial charge is 0.493 e. The van der Waals surface area contributed by atoms with Crippen LogP contribution in [-0.2, 0) is 11.4 Å². The molecule has 7 nitrogen and oxygen atoms in total. The zero-order chi connectivity index (χ0) is 19.3. The van der Waals surface area contributed by atoms with Crippen molar-refractivity contribution in [3.8, 4) is 11.5 Å². The summed E-state index contributed by atoms with van der Waals surface area (Å²) in [6.07, 6.45) is 6.93.